The lowest BCUT2D eigenvalue weighted by Gasteiger charge is -2.30. The van der Waals surface area contributed by atoms with Gasteiger partial charge in [-0.25, -0.2) is 14.4 Å². The monoisotopic (exact) mass is 472 g/mol. The van der Waals surface area contributed by atoms with Crippen LogP contribution in [-0.2, 0) is 4.74 Å². The number of hydrogen-bond donors (Lipinski definition) is 3. The summed E-state index contributed by atoms with van der Waals surface area (Å²) in [6.07, 6.45) is 8.79. The number of halogens is 2. The molecule has 0 aliphatic heterocycles. The van der Waals surface area contributed by atoms with Crippen molar-refractivity contribution in [2.24, 2.45) is 5.41 Å². The van der Waals surface area contributed by atoms with Crippen LogP contribution in [0, 0.1) is 22.6 Å². The van der Waals surface area contributed by atoms with E-state index in [0.29, 0.717) is 47.9 Å². The molecular formula is C24H30ClFN6O. The van der Waals surface area contributed by atoms with Crippen molar-refractivity contribution in [3.05, 3.63) is 35.5 Å². The summed E-state index contributed by atoms with van der Waals surface area (Å²) in [5, 5.41) is 19.7. The van der Waals surface area contributed by atoms with Crippen molar-refractivity contribution in [2.45, 2.75) is 50.6 Å². The Morgan fingerprint density at radius 2 is 1.91 bits per heavy atom. The van der Waals surface area contributed by atoms with Crippen LogP contribution >= 0.6 is 11.6 Å². The molecule has 33 heavy (non-hydrogen) atoms. The molecule has 2 aliphatic rings. The largest absolute Gasteiger partial charge is 0.383 e. The second kappa shape index (κ2) is 10.6. The van der Waals surface area contributed by atoms with Crippen LogP contribution in [0.5, 0.6) is 0 Å². The molecule has 9 heteroatoms. The predicted octanol–water partition coefficient (Wildman–Crippen LogP) is 4.61. The second-order valence-corrected chi connectivity index (χ2v) is 9.36. The third-order valence-electron chi connectivity index (χ3n) is 6.52. The van der Waals surface area contributed by atoms with E-state index in [-0.39, 0.29) is 10.6 Å². The van der Waals surface area contributed by atoms with Crippen molar-refractivity contribution in [1.29, 1.82) is 5.26 Å². The number of aromatic nitrogens is 2. The van der Waals surface area contributed by atoms with Gasteiger partial charge in [-0.1, -0.05) is 11.6 Å². The lowest BCUT2D eigenvalue weighted by atomic mass is 9.91. The molecule has 2 heterocycles. The first-order chi connectivity index (χ1) is 16.0. The van der Waals surface area contributed by atoms with Gasteiger partial charge in [-0.2, -0.15) is 5.26 Å². The molecule has 0 atom stereocenters. The van der Waals surface area contributed by atoms with Crippen LogP contribution in [0.2, 0.25) is 5.15 Å². The van der Waals surface area contributed by atoms with Gasteiger partial charge in [-0.15, -0.1) is 0 Å². The first kappa shape index (κ1) is 23.7. The minimum Gasteiger partial charge on any atom is -0.383 e. The van der Waals surface area contributed by atoms with E-state index in [0.717, 1.165) is 45.1 Å². The number of methoxy groups -OCH3 is 1. The third-order valence-corrected chi connectivity index (χ3v) is 6.83. The highest BCUT2D eigenvalue weighted by Gasteiger charge is 2.42. The summed E-state index contributed by atoms with van der Waals surface area (Å²) in [5.41, 5.74) is 1.26. The summed E-state index contributed by atoms with van der Waals surface area (Å²) in [7, 11) is 1.71. The number of anilines is 2. The second-order valence-electron chi connectivity index (χ2n) is 9.00. The SMILES string of the molecule is COCCNC1CCC(Nc2cc(-c3cc(NCC4(C#N)CC4)cnc3Cl)c(F)cn2)CC1. The Balaban J connectivity index is 1.41. The Kier molecular flexibility index (Phi) is 7.63. The fourth-order valence-electron chi connectivity index (χ4n) is 4.22. The van der Waals surface area contributed by atoms with E-state index in [9.17, 15) is 9.65 Å². The van der Waals surface area contributed by atoms with Crippen molar-refractivity contribution >= 4 is 23.1 Å². The van der Waals surface area contributed by atoms with Gasteiger partial charge in [-0.05, 0) is 50.7 Å². The average Bonchev–Trinajstić information content (AvgIpc) is 3.62. The molecule has 0 saturated heterocycles. The molecule has 7 nitrogen and oxygen atoms in total. The molecule has 0 bridgehead atoms. The van der Waals surface area contributed by atoms with E-state index in [4.69, 9.17) is 16.3 Å². The number of pyridine rings is 2. The van der Waals surface area contributed by atoms with Crippen LogP contribution < -0.4 is 16.0 Å². The van der Waals surface area contributed by atoms with E-state index < -0.39 is 5.82 Å². The summed E-state index contributed by atoms with van der Waals surface area (Å²) < 4.78 is 19.8. The molecular weight excluding hydrogens is 443 g/mol. The number of rotatable bonds is 10. The topological polar surface area (TPSA) is 94.9 Å². The van der Waals surface area contributed by atoms with E-state index in [2.05, 4.69) is 32.0 Å². The summed E-state index contributed by atoms with van der Waals surface area (Å²) in [6, 6.07) is 6.63. The van der Waals surface area contributed by atoms with Crippen LogP contribution in [0.4, 0.5) is 15.9 Å². The molecule has 2 aromatic heterocycles. The number of nitrogens with one attached hydrogen (secondary N) is 3. The maximum atomic E-state index is 14.7. The van der Waals surface area contributed by atoms with Gasteiger partial charge in [0.15, 0.2) is 0 Å². The normalized spacial score (nSPS) is 21.3. The molecule has 3 N–H and O–H groups in total. The predicted molar refractivity (Wildman–Crippen MR) is 128 cm³/mol. The van der Waals surface area contributed by atoms with Crippen LogP contribution in [0.25, 0.3) is 11.1 Å². The molecule has 176 valence electrons. The van der Waals surface area contributed by atoms with Gasteiger partial charge in [0.05, 0.1) is 36.2 Å². The smallest absolute Gasteiger partial charge is 0.149 e. The quantitative estimate of drug-likeness (QED) is 0.343. The average molecular weight is 473 g/mol. The molecule has 0 amide bonds. The zero-order valence-corrected chi connectivity index (χ0v) is 19.6. The van der Waals surface area contributed by atoms with Crippen LogP contribution in [0.3, 0.4) is 0 Å². The number of hydrogen-bond acceptors (Lipinski definition) is 7. The fourth-order valence-corrected chi connectivity index (χ4v) is 4.43. The first-order valence-electron chi connectivity index (χ1n) is 11.5. The molecule has 0 radical (unpaired) electrons. The van der Waals surface area contributed by atoms with Crippen molar-refractivity contribution < 1.29 is 9.13 Å². The highest BCUT2D eigenvalue weighted by Crippen LogP contribution is 2.45. The molecule has 2 aliphatic carbocycles. The molecule has 4 rings (SSSR count). The molecule has 2 saturated carbocycles. The first-order valence-corrected chi connectivity index (χ1v) is 11.9. The maximum absolute atomic E-state index is 14.7. The minimum absolute atomic E-state index is 0.223. The van der Waals surface area contributed by atoms with E-state index in [1.54, 1.807) is 25.4 Å². The Labute approximate surface area is 199 Å². The summed E-state index contributed by atoms with van der Waals surface area (Å²) in [5.74, 6) is 0.168. The van der Waals surface area contributed by atoms with Crippen molar-refractivity contribution in [1.82, 2.24) is 15.3 Å². The summed E-state index contributed by atoms with van der Waals surface area (Å²) in [4.78, 5) is 8.47. The van der Waals surface area contributed by atoms with Crippen LogP contribution in [-0.4, -0.2) is 48.9 Å². The van der Waals surface area contributed by atoms with E-state index in [1.807, 2.05) is 0 Å². The molecule has 2 aromatic rings. The van der Waals surface area contributed by atoms with Gasteiger partial charge in [0.2, 0.25) is 0 Å². The Morgan fingerprint density at radius 3 is 2.61 bits per heavy atom. The zero-order valence-electron chi connectivity index (χ0n) is 18.8. The van der Waals surface area contributed by atoms with Crippen LogP contribution in [0.1, 0.15) is 38.5 Å². The van der Waals surface area contributed by atoms with Crippen LogP contribution in [0.15, 0.2) is 24.5 Å². The summed E-state index contributed by atoms with van der Waals surface area (Å²) >= 11 is 6.33. The molecule has 0 aromatic carbocycles. The van der Waals surface area contributed by atoms with Crippen molar-refractivity contribution in [2.75, 3.05) is 37.4 Å². The van der Waals surface area contributed by atoms with Gasteiger partial charge >= 0.3 is 0 Å². The minimum atomic E-state index is -0.455. The fraction of sp³-hybridized carbons (Fsp3) is 0.542. The third kappa shape index (κ3) is 6.11. The van der Waals surface area contributed by atoms with Gasteiger partial charge in [0.25, 0.3) is 0 Å². The molecule has 2 fully saturated rings. The number of nitrogens with zero attached hydrogens (tertiary/aromatic N) is 3. The van der Waals surface area contributed by atoms with Gasteiger partial charge < -0.3 is 20.7 Å². The summed E-state index contributed by atoms with van der Waals surface area (Å²) in [6.45, 7) is 2.12. The van der Waals surface area contributed by atoms with E-state index in [1.165, 1.54) is 6.20 Å². The highest BCUT2D eigenvalue weighted by atomic mass is 35.5. The van der Waals surface area contributed by atoms with Gasteiger partial charge in [0, 0.05) is 43.4 Å². The van der Waals surface area contributed by atoms with E-state index >= 15 is 0 Å². The lowest BCUT2D eigenvalue weighted by Crippen LogP contribution is -2.38. The zero-order chi connectivity index (χ0) is 23.3. The molecule has 0 unspecified atom stereocenters. The lowest BCUT2D eigenvalue weighted by molar-refractivity contribution is 0.191. The number of nitriles is 1. The highest BCUT2D eigenvalue weighted by molar-refractivity contribution is 6.32. The van der Waals surface area contributed by atoms with Gasteiger partial charge in [0.1, 0.15) is 16.8 Å². The standard InChI is InChI=1S/C24H30ClFN6O/c1-33-9-8-28-16-2-4-17(5-3-16)32-22-11-19(21(26)13-29-22)20-10-18(12-30-23(20)25)31-15-24(14-27)6-7-24/h10-13,16-17,28,31H,2-9,15H2,1H3,(H,29,32). The Hall–Kier alpha value is -2.47. The van der Waals surface area contributed by atoms with Gasteiger partial charge in [-0.3, -0.25) is 0 Å². The maximum Gasteiger partial charge on any atom is 0.149 e. The molecule has 0 spiro atoms. The Bertz CT molecular complexity index is 1000. The van der Waals surface area contributed by atoms with Crippen molar-refractivity contribution in [3.8, 4) is 17.2 Å². The Morgan fingerprint density at radius 1 is 1.15 bits per heavy atom. The van der Waals surface area contributed by atoms with Crippen molar-refractivity contribution in [3.63, 3.8) is 0 Å². The number of ether oxygens (including phenoxy) is 1.